The van der Waals surface area contributed by atoms with E-state index in [-0.39, 0.29) is 0 Å². The van der Waals surface area contributed by atoms with Crippen molar-refractivity contribution in [2.75, 3.05) is 0 Å². The van der Waals surface area contributed by atoms with Crippen molar-refractivity contribution in [3.63, 3.8) is 0 Å². The zero-order valence-corrected chi connectivity index (χ0v) is 15.2. The van der Waals surface area contributed by atoms with Gasteiger partial charge in [0.25, 0.3) is 0 Å². The van der Waals surface area contributed by atoms with Crippen molar-refractivity contribution >= 4 is 0 Å². The quantitative estimate of drug-likeness (QED) is 0.287. The molecule has 0 heterocycles. The van der Waals surface area contributed by atoms with E-state index in [1.807, 2.05) is 0 Å². The molecule has 122 valence electrons. The Hall–Kier alpha value is 0. The molecule has 0 aliphatic carbocycles. The molecule has 0 spiro atoms. The summed E-state index contributed by atoms with van der Waals surface area (Å²) in [6, 6.07) is 0. The fraction of sp³-hybridized carbons (Fsp3) is 1.00. The Morgan fingerprint density at radius 3 is 1.30 bits per heavy atom. The lowest BCUT2D eigenvalue weighted by Crippen LogP contribution is -2.06. The van der Waals surface area contributed by atoms with Crippen molar-refractivity contribution < 1.29 is 0 Å². The van der Waals surface area contributed by atoms with Gasteiger partial charge in [0.1, 0.15) is 0 Å². The molecular formula is C20H42. The monoisotopic (exact) mass is 282 g/mol. The van der Waals surface area contributed by atoms with Gasteiger partial charge in [0.2, 0.25) is 0 Å². The number of rotatable bonds is 14. The summed E-state index contributed by atoms with van der Waals surface area (Å²) >= 11 is 0. The van der Waals surface area contributed by atoms with E-state index >= 15 is 0 Å². The highest BCUT2D eigenvalue weighted by Gasteiger charge is 2.09. The first-order chi connectivity index (χ1) is 9.57. The largest absolute Gasteiger partial charge is 0.0651 e. The van der Waals surface area contributed by atoms with E-state index in [4.69, 9.17) is 0 Å². The Morgan fingerprint density at radius 2 is 0.950 bits per heavy atom. The molecule has 0 N–H and O–H groups in total. The van der Waals surface area contributed by atoms with Crippen LogP contribution in [0.15, 0.2) is 0 Å². The van der Waals surface area contributed by atoms with E-state index < -0.39 is 0 Å². The molecule has 0 nitrogen and oxygen atoms in total. The summed E-state index contributed by atoms with van der Waals surface area (Å²) in [7, 11) is 0. The summed E-state index contributed by atoms with van der Waals surface area (Å²) in [5.41, 5.74) is 0. The van der Waals surface area contributed by atoms with Gasteiger partial charge < -0.3 is 0 Å². The van der Waals surface area contributed by atoms with Crippen LogP contribution in [0.2, 0.25) is 0 Å². The van der Waals surface area contributed by atoms with Crippen LogP contribution in [0.5, 0.6) is 0 Å². The van der Waals surface area contributed by atoms with Crippen LogP contribution in [-0.4, -0.2) is 0 Å². The Balaban J connectivity index is 3.17. The predicted octanol–water partition coefficient (Wildman–Crippen LogP) is 7.62. The van der Waals surface area contributed by atoms with E-state index in [1.54, 1.807) is 0 Å². The Morgan fingerprint density at radius 1 is 0.550 bits per heavy atom. The van der Waals surface area contributed by atoms with E-state index in [2.05, 4.69) is 34.6 Å². The lowest BCUT2D eigenvalue weighted by atomic mass is 9.88. The third-order valence-corrected chi connectivity index (χ3v) is 4.82. The fourth-order valence-corrected chi connectivity index (χ4v) is 3.21. The van der Waals surface area contributed by atoms with Crippen molar-refractivity contribution in [2.45, 2.75) is 112 Å². The minimum Gasteiger partial charge on any atom is -0.0651 e. The van der Waals surface area contributed by atoms with Crippen molar-refractivity contribution in [2.24, 2.45) is 17.8 Å². The van der Waals surface area contributed by atoms with Gasteiger partial charge in [-0.15, -0.1) is 0 Å². The van der Waals surface area contributed by atoms with Crippen LogP contribution in [0.4, 0.5) is 0 Å². The molecule has 1 unspecified atom stereocenters. The van der Waals surface area contributed by atoms with E-state index in [0.717, 1.165) is 17.8 Å². The van der Waals surface area contributed by atoms with Gasteiger partial charge in [-0.3, -0.25) is 0 Å². The van der Waals surface area contributed by atoms with Gasteiger partial charge in [-0.25, -0.2) is 0 Å². The summed E-state index contributed by atoms with van der Waals surface area (Å²) in [5, 5.41) is 0. The maximum Gasteiger partial charge on any atom is -0.0394 e. The first kappa shape index (κ1) is 20.0. The molecule has 0 heteroatoms. The molecule has 0 fully saturated rings. The Bertz CT molecular complexity index is 180. The van der Waals surface area contributed by atoms with Crippen molar-refractivity contribution in [1.82, 2.24) is 0 Å². The van der Waals surface area contributed by atoms with Gasteiger partial charge in [-0.1, -0.05) is 112 Å². The molecule has 0 aromatic carbocycles. The molecule has 0 amide bonds. The molecule has 0 bridgehead atoms. The van der Waals surface area contributed by atoms with Crippen LogP contribution in [0, 0.1) is 17.8 Å². The van der Waals surface area contributed by atoms with E-state index in [0.29, 0.717) is 0 Å². The van der Waals surface area contributed by atoms with Crippen molar-refractivity contribution in [1.29, 1.82) is 0 Å². The van der Waals surface area contributed by atoms with Gasteiger partial charge in [0.05, 0.1) is 0 Å². The van der Waals surface area contributed by atoms with E-state index in [1.165, 1.54) is 77.0 Å². The van der Waals surface area contributed by atoms with Crippen LogP contribution in [-0.2, 0) is 0 Å². The van der Waals surface area contributed by atoms with Crippen LogP contribution >= 0.6 is 0 Å². The van der Waals surface area contributed by atoms with Crippen LogP contribution in [0.1, 0.15) is 112 Å². The lowest BCUT2D eigenvalue weighted by Gasteiger charge is -2.18. The third kappa shape index (κ3) is 13.0. The second-order valence-corrected chi connectivity index (χ2v) is 7.57. The lowest BCUT2D eigenvalue weighted by molar-refractivity contribution is 0.335. The second-order valence-electron chi connectivity index (χ2n) is 7.57. The Kier molecular flexibility index (Phi) is 14.0. The standard InChI is InChI=1S/C20H42/c1-6-20(19(4)5)17-15-13-11-9-7-8-10-12-14-16-18(2)3/h18-20H,6-17H2,1-5H3. The van der Waals surface area contributed by atoms with Gasteiger partial charge in [0, 0.05) is 0 Å². The molecule has 0 aromatic heterocycles. The van der Waals surface area contributed by atoms with Crippen LogP contribution < -0.4 is 0 Å². The summed E-state index contributed by atoms with van der Waals surface area (Å²) < 4.78 is 0. The zero-order valence-electron chi connectivity index (χ0n) is 15.2. The van der Waals surface area contributed by atoms with Crippen LogP contribution in [0.25, 0.3) is 0 Å². The first-order valence-corrected chi connectivity index (χ1v) is 9.57. The number of hydrogen-bond donors (Lipinski definition) is 0. The maximum absolute atomic E-state index is 2.38. The number of unbranched alkanes of at least 4 members (excludes halogenated alkanes) is 8. The van der Waals surface area contributed by atoms with Crippen molar-refractivity contribution in [3.8, 4) is 0 Å². The van der Waals surface area contributed by atoms with Crippen LogP contribution in [0.3, 0.4) is 0 Å². The van der Waals surface area contributed by atoms with Gasteiger partial charge >= 0.3 is 0 Å². The molecular weight excluding hydrogens is 240 g/mol. The summed E-state index contributed by atoms with van der Waals surface area (Å²) in [6.07, 6.45) is 17.5. The summed E-state index contributed by atoms with van der Waals surface area (Å²) in [4.78, 5) is 0. The highest BCUT2D eigenvalue weighted by molar-refractivity contribution is 4.61. The Labute approximate surface area is 130 Å². The SMILES string of the molecule is CCC(CCCCCCCCCCCC(C)C)C(C)C. The second kappa shape index (κ2) is 14.0. The highest BCUT2D eigenvalue weighted by Crippen LogP contribution is 2.22. The number of hydrogen-bond acceptors (Lipinski definition) is 0. The van der Waals surface area contributed by atoms with Crippen molar-refractivity contribution in [3.05, 3.63) is 0 Å². The molecule has 0 radical (unpaired) electrons. The zero-order chi connectivity index (χ0) is 15.2. The average molecular weight is 283 g/mol. The smallest absolute Gasteiger partial charge is 0.0394 e. The minimum atomic E-state index is 0.880. The molecule has 0 aromatic rings. The molecule has 0 aliphatic rings. The molecule has 1 atom stereocenters. The molecule has 0 rings (SSSR count). The first-order valence-electron chi connectivity index (χ1n) is 9.57. The third-order valence-electron chi connectivity index (χ3n) is 4.82. The molecule has 20 heavy (non-hydrogen) atoms. The predicted molar refractivity (Wildman–Crippen MR) is 94.2 cm³/mol. The van der Waals surface area contributed by atoms with E-state index in [9.17, 15) is 0 Å². The summed E-state index contributed by atoms with van der Waals surface area (Å²) in [5.74, 6) is 2.74. The average Bonchev–Trinajstić information content (AvgIpc) is 2.39. The minimum absolute atomic E-state index is 0.880. The maximum atomic E-state index is 2.38. The topological polar surface area (TPSA) is 0 Å². The fourth-order valence-electron chi connectivity index (χ4n) is 3.21. The summed E-state index contributed by atoms with van der Waals surface area (Å²) in [6.45, 7) is 11.8. The van der Waals surface area contributed by atoms with Gasteiger partial charge in [0.15, 0.2) is 0 Å². The normalized spacial score (nSPS) is 13.3. The van der Waals surface area contributed by atoms with Gasteiger partial charge in [-0.05, 0) is 17.8 Å². The van der Waals surface area contributed by atoms with Gasteiger partial charge in [-0.2, -0.15) is 0 Å². The highest BCUT2D eigenvalue weighted by atomic mass is 14.2. The molecule has 0 aliphatic heterocycles. The molecule has 0 saturated heterocycles. The molecule has 0 saturated carbocycles.